The first-order valence-electron chi connectivity index (χ1n) is 5.63. The van der Waals surface area contributed by atoms with Crippen LogP contribution >= 0.6 is 0 Å². The summed E-state index contributed by atoms with van der Waals surface area (Å²) in [6, 6.07) is 4.24. The van der Waals surface area contributed by atoms with Crippen molar-refractivity contribution in [2.24, 2.45) is 11.7 Å². The fourth-order valence-corrected chi connectivity index (χ4v) is 1.87. The molecule has 0 unspecified atom stereocenters. The van der Waals surface area contributed by atoms with Crippen molar-refractivity contribution in [3.05, 3.63) is 28.8 Å². The topological polar surface area (TPSA) is 35.2 Å². The van der Waals surface area contributed by atoms with E-state index in [2.05, 4.69) is 26.0 Å². The van der Waals surface area contributed by atoms with Gasteiger partial charge in [-0.3, -0.25) is 0 Å². The van der Waals surface area contributed by atoms with Gasteiger partial charge < -0.3 is 10.5 Å². The van der Waals surface area contributed by atoms with Crippen molar-refractivity contribution >= 4 is 0 Å². The lowest BCUT2D eigenvalue weighted by Crippen LogP contribution is -2.04. The van der Waals surface area contributed by atoms with Crippen LogP contribution < -0.4 is 10.5 Å². The van der Waals surface area contributed by atoms with Gasteiger partial charge in [0.15, 0.2) is 0 Å². The molecule has 0 aliphatic heterocycles. The Morgan fingerprint density at radius 3 is 2.33 bits per heavy atom. The maximum Gasteiger partial charge on any atom is 0.125 e. The molecule has 1 aliphatic rings. The minimum Gasteiger partial charge on any atom is -0.493 e. The lowest BCUT2D eigenvalue weighted by atomic mass is 10.1. The number of benzene rings is 1. The molecule has 1 saturated carbocycles. The predicted molar refractivity (Wildman–Crippen MR) is 62.0 cm³/mol. The average molecular weight is 205 g/mol. The van der Waals surface area contributed by atoms with Crippen LogP contribution in [0.15, 0.2) is 12.1 Å². The number of hydrogen-bond donors (Lipinski definition) is 1. The molecular formula is C13H19NO. The summed E-state index contributed by atoms with van der Waals surface area (Å²) in [4.78, 5) is 0. The number of rotatable bonds is 4. The molecule has 15 heavy (non-hydrogen) atoms. The summed E-state index contributed by atoms with van der Waals surface area (Å²) in [6.07, 6.45) is 2.66. The van der Waals surface area contributed by atoms with Gasteiger partial charge in [-0.25, -0.2) is 0 Å². The Balaban J connectivity index is 2.13. The SMILES string of the molecule is Cc1cc(CN)cc(C)c1OCC1CC1. The van der Waals surface area contributed by atoms with E-state index in [4.69, 9.17) is 10.5 Å². The summed E-state index contributed by atoms with van der Waals surface area (Å²) in [5.41, 5.74) is 9.22. The maximum atomic E-state index is 5.85. The molecule has 0 amide bonds. The van der Waals surface area contributed by atoms with Crippen LogP contribution in [0, 0.1) is 19.8 Å². The summed E-state index contributed by atoms with van der Waals surface area (Å²) in [6.45, 7) is 5.66. The van der Waals surface area contributed by atoms with Crippen molar-refractivity contribution in [3.63, 3.8) is 0 Å². The van der Waals surface area contributed by atoms with E-state index in [-0.39, 0.29) is 0 Å². The molecule has 1 aliphatic carbocycles. The Kier molecular flexibility index (Phi) is 2.96. The fraction of sp³-hybridized carbons (Fsp3) is 0.538. The average Bonchev–Trinajstić information content (AvgIpc) is 3.00. The number of ether oxygens (including phenoxy) is 1. The van der Waals surface area contributed by atoms with Crippen LogP contribution in [0.1, 0.15) is 29.5 Å². The van der Waals surface area contributed by atoms with E-state index in [1.165, 1.54) is 29.5 Å². The molecule has 82 valence electrons. The van der Waals surface area contributed by atoms with Crippen LogP contribution in [-0.2, 0) is 6.54 Å². The van der Waals surface area contributed by atoms with Crippen molar-refractivity contribution < 1.29 is 4.74 Å². The van der Waals surface area contributed by atoms with Crippen LogP contribution in [0.3, 0.4) is 0 Å². The van der Waals surface area contributed by atoms with Gasteiger partial charge in [0.2, 0.25) is 0 Å². The van der Waals surface area contributed by atoms with E-state index in [1.54, 1.807) is 0 Å². The molecule has 1 aromatic rings. The van der Waals surface area contributed by atoms with Crippen molar-refractivity contribution in [2.45, 2.75) is 33.2 Å². The monoisotopic (exact) mass is 205 g/mol. The minimum absolute atomic E-state index is 0.602. The number of aryl methyl sites for hydroxylation is 2. The van der Waals surface area contributed by atoms with Gasteiger partial charge in [-0.05, 0) is 49.3 Å². The zero-order valence-corrected chi connectivity index (χ0v) is 9.55. The molecule has 1 fully saturated rings. The predicted octanol–water partition coefficient (Wildman–Crippen LogP) is 2.55. The van der Waals surface area contributed by atoms with Gasteiger partial charge in [0, 0.05) is 6.54 Å². The molecule has 0 heterocycles. The van der Waals surface area contributed by atoms with Gasteiger partial charge in [-0.1, -0.05) is 12.1 Å². The second-order valence-corrected chi connectivity index (χ2v) is 4.52. The van der Waals surface area contributed by atoms with Crippen molar-refractivity contribution in [1.82, 2.24) is 0 Å². The van der Waals surface area contributed by atoms with Gasteiger partial charge in [0.1, 0.15) is 5.75 Å². The molecule has 0 spiro atoms. The lowest BCUT2D eigenvalue weighted by Gasteiger charge is -2.13. The first-order chi connectivity index (χ1) is 7.20. The molecule has 0 saturated heterocycles. The van der Waals surface area contributed by atoms with Crippen LogP contribution in [0.4, 0.5) is 0 Å². The third kappa shape index (κ3) is 2.51. The highest BCUT2D eigenvalue weighted by Gasteiger charge is 2.22. The van der Waals surface area contributed by atoms with Crippen LogP contribution in [0.2, 0.25) is 0 Å². The van der Waals surface area contributed by atoms with E-state index >= 15 is 0 Å². The highest BCUT2D eigenvalue weighted by atomic mass is 16.5. The Morgan fingerprint density at radius 2 is 1.87 bits per heavy atom. The molecule has 0 bridgehead atoms. The van der Waals surface area contributed by atoms with E-state index < -0.39 is 0 Å². The largest absolute Gasteiger partial charge is 0.493 e. The second-order valence-electron chi connectivity index (χ2n) is 4.52. The Bertz CT molecular complexity index is 333. The van der Waals surface area contributed by atoms with Crippen molar-refractivity contribution in [2.75, 3.05) is 6.61 Å². The molecule has 2 N–H and O–H groups in total. The number of hydrogen-bond acceptors (Lipinski definition) is 2. The first-order valence-corrected chi connectivity index (χ1v) is 5.63. The van der Waals surface area contributed by atoms with Gasteiger partial charge in [0.25, 0.3) is 0 Å². The molecular weight excluding hydrogens is 186 g/mol. The van der Waals surface area contributed by atoms with Crippen LogP contribution in [-0.4, -0.2) is 6.61 Å². The minimum atomic E-state index is 0.602. The Morgan fingerprint density at radius 1 is 1.27 bits per heavy atom. The van der Waals surface area contributed by atoms with E-state index in [9.17, 15) is 0 Å². The molecule has 0 aromatic heterocycles. The smallest absolute Gasteiger partial charge is 0.125 e. The third-order valence-electron chi connectivity index (χ3n) is 2.92. The van der Waals surface area contributed by atoms with Crippen molar-refractivity contribution in [3.8, 4) is 5.75 Å². The zero-order chi connectivity index (χ0) is 10.8. The highest BCUT2D eigenvalue weighted by Crippen LogP contribution is 2.31. The van der Waals surface area contributed by atoms with Crippen molar-refractivity contribution in [1.29, 1.82) is 0 Å². The van der Waals surface area contributed by atoms with Crippen LogP contribution in [0.25, 0.3) is 0 Å². The molecule has 1 aromatic carbocycles. The normalized spacial score (nSPS) is 15.4. The second kappa shape index (κ2) is 4.23. The maximum absolute atomic E-state index is 5.85. The van der Waals surface area contributed by atoms with Crippen LogP contribution in [0.5, 0.6) is 5.75 Å². The van der Waals surface area contributed by atoms with Gasteiger partial charge >= 0.3 is 0 Å². The highest BCUT2D eigenvalue weighted by molar-refractivity contribution is 5.43. The summed E-state index contributed by atoms with van der Waals surface area (Å²) in [5, 5.41) is 0. The summed E-state index contributed by atoms with van der Waals surface area (Å²) in [5.74, 6) is 1.86. The summed E-state index contributed by atoms with van der Waals surface area (Å²) >= 11 is 0. The summed E-state index contributed by atoms with van der Waals surface area (Å²) in [7, 11) is 0. The molecule has 0 atom stereocenters. The standard InChI is InChI=1S/C13H19NO/c1-9-5-12(7-14)6-10(2)13(9)15-8-11-3-4-11/h5-6,11H,3-4,7-8,14H2,1-2H3. The van der Waals surface area contributed by atoms with E-state index in [1.807, 2.05) is 0 Å². The molecule has 0 radical (unpaired) electrons. The van der Waals surface area contributed by atoms with Gasteiger partial charge in [-0.15, -0.1) is 0 Å². The quantitative estimate of drug-likeness (QED) is 0.820. The molecule has 2 heteroatoms. The van der Waals surface area contributed by atoms with Gasteiger partial charge in [0.05, 0.1) is 6.61 Å². The molecule has 2 nitrogen and oxygen atoms in total. The summed E-state index contributed by atoms with van der Waals surface area (Å²) < 4.78 is 5.85. The molecule has 2 rings (SSSR count). The zero-order valence-electron chi connectivity index (χ0n) is 9.55. The van der Waals surface area contributed by atoms with E-state index in [0.717, 1.165) is 18.3 Å². The number of nitrogens with two attached hydrogens (primary N) is 1. The van der Waals surface area contributed by atoms with E-state index in [0.29, 0.717) is 6.54 Å². The first kappa shape index (κ1) is 10.5. The van der Waals surface area contributed by atoms with Gasteiger partial charge in [-0.2, -0.15) is 0 Å². The lowest BCUT2D eigenvalue weighted by molar-refractivity contribution is 0.296. The third-order valence-corrected chi connectivity index (χ3v) is 2.92. The fourth-order valence-electron chi connectivity index (χ4n) is 1.87. The Labute approximate surface area is 91.4 Å². The Hall–Kier alpha value is -1.02.